The van der Waals surface area contributed by atoms with Crippen molar-refractivity contribution in [1.29, 1.82) is 0 Å². The molecule has 0 heterocycles. The van der Waals surface area contributed by atoms with Crippen LogP contribution >= 0.6 is 0 Å². The zero-order valence-electron chi connectivity index (χ0n) is 10.7. The average molecular weight is 256 g/mol. The number of amides is 1. The molecule has 0 saturated heterocycles. The number of aryl methyl sites for hydroxylation is 1. The SMILES string of the molecule is CCc1ccc(Oc2ccc(N)cc2C(N)=O)cc1. The summed E-state index contributed by atoms with van der Waals surface area (Å²) in [6.45, 7) is 2.08. The van der Waals surface area contributed by atoms with E-state index in [-0.39, 0.29) is 5.56 Å². The lowest BCUT2D eigenvalue weighted by Crippen LogP contribution is -2.12. The summed E-state index contributed by atoms with van der Waals surface area (Å²) < 4.78 is 5.67. The van der Waals surface area contributed by atoms with E-state index in [4.69, 9.17) is 16.2 Å². The first-order valence-electron chi connectivity index (χ1n) is 6.06. The fraction of sp³-hybridized carbons (Fsp3) is 0.133. The monoisotopic (exact) mass is 256 g/mol. The third-order valence-corrected chi connectivity index (χ3v) is 2.83. The first kappa shape index (κ1) is 13.0. The van der Waals surface area contributed by atoms with Gasteiger partial charge in [0, 0.05) is 5.69 Å². The van der Waals surface area contributed by atoms with Crippen LogP contribution in [0.3, 0.4) is 0 Å². The molecule has 0 atom stereocenters. The van der Waals surface area contributed by atoms with Gasteiger partial charge >= 0.3 is 0 Å². The summed E-state index contributed by atoms with van der Waals surface area (Å²) in [6, 6.07) is 12.5. The summed E-state index contributed by atoms with van der Waals surface area (Å²) in [7, 11) is 0. The van der Waals surface area contributed by atoms with Crippen LogP contribution in [-0.4, -0.2) is 5.91 Å². The Labute approximate surface area is 112 Å². The Bertz CT molecular complexity index is 592. The number of hydrogen-bond donors (Lipinski definition) is 2. The van der Waals surface area contributed by atoms with Gasteiger partial charge in [-0.15, -0.1) is 0 Å². The second kappa shape index (κ2) is 5.44. The van der Waals surface area contributed by atoms with E-state index in [1.807, 2.05) is 24.3 Å². The molecule has 0 saturated carbocycles. The summed E-state index contributed by atoms with van der Waals surface area (Å²) in [4.78, 5) is 11.4. The predicted molar refractivity (Wildman–Crippen MR) is 75.3 cm³/mol. The molecule has 1 amide bonds. The topological polar surface area (TPSA) is 78.3 Å². The van der Waals surface area contributed by atoms with Gasteiger partial charge in [0.05, 0.1) is 5.56 Å². The minimum absolute atomic E-state index is 0.277. The average Bonchev–Trinajstić information content (AvgIpc) is 2.41. The highest BCUT2D eigenvalue weighted by Crippen LogP contribution is 2.27. The number of carbonyl (C=O) groups excluding carboxylic acids is 1. The smallest absolute Gasteiger partial charge is 0.252 e. The Hall–Kier alpha value is -2.49. The number of hydrogen-bond acceptors (Lipinski definition) is 3. The predicted octanol–water partition coefficient (Wildman–Crippen LogP) is 2.72. The van der Waals surface area contributed by atoms with E-state index in [1.165, 1.54) is 11.6 Å². The molecule has 4 nitrogen and oxygen atoms in total. The van der Waals surface area contributed by atoms with Gasteiger partial charge < -0.3 is 16.2 Å². The zero-order valence-corrected chi connectivity index (χ0v) is 10.7. The number of rotatable bonds is 4. The van der Waals surface area contributed by atoms with Crippen LogP contribution in [-0.2, 0) is 6.42 Å². The summed E-state index contributed by atoms with van der Waals surface area (Å²) in [5.74, 6) is 0.503. The molecule has 4 N–H and O–H groups in total. The maximum absolute atomic E-state index is 11.4. The largest absolute Gasteiger partial charge is 0.457 e. The summed E-state index contributed by atoms with van der Waals surface area (Å²) in [5.41, 5.74) is 12.9. The van der Waals surface area contributed by atoms with Gasteiger partial charge in [-0.1, -0.05) is 19.1 Å². The maximum atomic E-state index is 11.4. The van der Waals surface area contributed by atoms with E-state index in [0.717, 1.165) is 6.42 Å². The molecule has 2 aromatic carbocycles. The standard InChI is InChI=1S/C15H16N2O2/c1-2-10-3-6-12(7-4-10)19-14-8-5-11(16)9-13(14)15(17)18/h3-9H,2,16H2,1H3,(H2,17,18). The number of nitrogen functional groups attached to an aromatic ring is 1. The molecule has 0 aromatic heterocycles. The molecule has 0 aliphatic heterocycles. The Kier molecular flexibility index (Phi) is 3.71. The van der Waals surface area contributed by atoms with Gasteiger partial charge in [0.25, 0.3) is 5.91 Å². The van der Waals surface area contributed by atoms with Crippen molar-refractivity contribution in [2.45, 2.75) is 13.3 Å². The van der Waals surface area contributed by atoms with E-state index < -0.39 is 5.91 Å². The summed E-state index contributed by atoms with van der Waals surface area (Å²) in [5, 5.41) is 0. The van der Waals surface area contributed by atoms with Gasteiger partial charge in [-0.3, -0.25) is 4.79 Å². The van der Waals surface area contributed by atoms with E-state index >= 15 is 0 Å². The molecule has 2 aromatic rings. The van der Waals surface area contributed by atoms with Crippen LogP contribution in [0.15, 0.2) is 42.5 Å². The lowest BCUT2D eigenvalue weighted by molar-refractivity contribution is 0.0998. The van der Waals surface area contributed by atoms with Gasteiger partial charge in [-0.25, -0.2) is 0 Å². The fourth-order valence-electron chi connectivity index (χ4n) is 1.75. The molecule has 0 spiro atoms. The highest BCUT2D eigenvalue weighted by atomic mass is 16.5. The van der Waals surface area contributed by atoms with Crippen LogP contribution in [0.5, 0.6) is 11.5 Å². The third kappa shape index (κ3) is 3.04. The lowest BCUT2D eigenvalue weighted by atomic mass is 10.1. The molecule has 98 valence electrons. The number of primary amides is 1. The van der Waals surface area contributed by atoms with Crippen molar-refractivity contribution in [3.05, 3.63) is 53.6 Å². The highest BCUT2D eigenvalue weighted by Gasteiger charge is 2.10. The molecule has 0 bridgehead atoms. The Morgan fingerprint density at radius 1 is 1.16 bits per heavy atom. The third-order valence-electron chi connectivity index (χ3n) is 2.83. The van der Waals surface area contributed by atoms with Crippen molar-refractivity contribution in [3.8, 4) is 11.5 Å². The van der Waals surface area contributed by atoms with E-state index in [9.17, 15) is 4.79 Å². The number of carbonyl (C=O) groups is 1. The van der Waals surface area contributed by atoms with Crippen LogP contribution in [0.1, 0.15) is 22.8 Å². The van der Waals surface area contributed by atoms with Crippen molar-refractivity contribution < 1.29 is 9.53 Å². The molecular weight excluding hydrogens is 240 g/mol. The molecule has 0 radical (unpaired) electrons. The van der Waals surface area contributed by atoms with E-state index in [0.29, 0.717) is 17.2 Å². The van der Waals surface area contributed by atoms with Crippen LogP contribution in [0, 0.1) is 0 Å². The van der Waals surface area contributed by atoms with Crippen LogP contribution in [0.25, 0.3) is 0 Å². The van der Waals surface area contributed by atoms with Crippen LogP contribution in [0.4, 0.5) is 5.69 Å². The van der Waals surface area contributed by atoms with Gasteiger partial charge in [0.2, 0.25) is 0 Å². The molecule has 0 unspecified atom stereocenters. The first-order valence-corrected chi connectivity index (χ1v) is 6.06. The number of ether oxygens (including phenoxy) is 1. The van der Waals surface area contributed by atoms with E-state index in [1.54, 1.807) is 12.1 Å². The number of anilines is 1. The van der Waals surface area contributed by atoms with Gasteiger partial charge in [-0.2, -0.15) is 0 Å². The zero-order chi connectivity index (χ0) is 13.8. The summed E-state index contributed by atoms with van der Waals surface area (Å²) >= 11 is 0. The molecule has 4 heteroatoms. The Morgan fingerprint density at radius 3 is 2.42 bits per heavy atom. The highest BCUT2D eigenvalue weighted by molar-refractivity contribution is 5.96. The van der Waals surface area contributed by atoms with Gasteiger partial charge in [0.15, 0.2) is 0 Å². The molecule has 19 heavy (non-hydrogen) atoms. The van der Waals surface area contributed by atoms with Crippen molar-refractivity contribution >= 4 is 11.6 Å². The normalized spacial score (nSPS) is 10.2. The fourth-order valence-corrected chi connectivity index (χ4v) is 1.75. The quantitative estimate of drug-likeness (QED) is 0.825. The maximum Gasteiger partial charge on any atom is 0.252 e. The second-order valence-corrected chi connectivity index (χ2v) is 4.22. The van der Waals surface area contributed by atoms with Crippen LogP contribution in [0.2, 0.25) is 0 Å². The summed E-state index contributed by atoms with van der Waals surface area (Å²) in [6.07, 6.45) is 0.967. The van der Waals surface area contributed by atoms with Crippen molar-refractivity contribution in [2.24, 2.45) is 5.73 Å². The molecule has 0 fully saturated rings. The molecule has 2 rings (SSSR count). The second-order valence-electron chi connectivity index (χ2n) is 4.22. The first-order chi connectivity index (χ1) is 9.10. The van der Waals surface area contributed by atoms with E-state index in [2.05, 4.69) is 6.92 Å². The molecule has 0 aliphatic rings. The van der Waals surface area contributed by atoms with Gasteiger partial charge in [-0.05, 0) is 42.3 Å². The van der Waals surface area contributed by atoms with Gasteiger partial charge in [0.1, 0.15) is 11.5 Å². The lowest BCUT2D eigenvalue weighted by Gasteiger charge is -2.10. The number of benzene rings is 2. The van der Waals surface area contributed by atoms with Crippen molar-refractivity contribution in [3.63, 3.8) is 0 Å². The minimum Gasteiger partial charge on any atom is -0.457 e. The Morgan fingerprint density at radius 2 is 1.84 bits per heavy atom. The van der Waals surface area contributed by atoms with Crippen LogP contribution < -0.4 is 16.2 Å². The van der Waals surface area contributed by atoms with Crippen molar-refractivity contribution in [1.82, 2.24) is 0 Å². The minimum atomic E-state index is -0.563. The number of nitrogens with two attached hydrogens (primary N) is 2. The molecule has 0 aliphatic carbocycles. The Balaban J connectivity index is 2.29. The van der Waals surface area contributed by atoms with Crippen molar-refractivity contribution in [2.75, 3.05) is 5.73 Å². The molecular formula is C15H16N2O2.